The average Bonchev–Trinajstić information content (AvgIpc) is 3.36. The van der Waals surface area contributed by atoms with E-state index in [2.05, 4.69) is 36.2 Å². The van der Waals surface area contributed by atoms with Crippen LogP contribution in [-0.4, -0.2) is 86.8 Å². The third kappa shape index (κ3) is 7.77. The van der Waals surface area contributed by atoms with Crippen LogP contribution in [-0.2, 0) is 10.9 Å². The van der Waals surface area contributed by atoms with Crippen LogP contribution in [0.1, 0.15) is 62.4 Å². The molecule has 10 nitrogen and oxygen atoms in total. The standard InChI is InChI=1S/C29H36BrF3N6O4/c1-28(2,3)43-27(42)39-12-7-8-17(16-39)36-26-35-15-21(29(31,32)33)23(37-26)20-14-34-24-18(20)9-10-19(22(24)30)25(41)38(4)11-5-6-13-40/h9-10,14-15,17,34,40H,5-8,11-13,16H2,1-4H3,(H,35,36,37)/t17-/m0/s1. The molecule has 1 saturated heterocycles. The molecule has 0 saturated carbocycles. The molecule has 3 N–H and O–H groups in total. The molecule has 2 amide bonds. The van der Waals surface area contributed by atoms with Crippen molar-refractivity contribution >= 4 is 44.8 Å². The monoisotopic (exact) mass is 668 g/mol. The number of H-pyrrole nitrogens is 1. The van der Waals surface area contributed by atoms with Crippen LogP contribution in [0, 0.1) is 0 Å². The van der Waals surface area contributed by atoms with Crippen molar-refractivity contribution in [3.05, 3.63) is 40.1 Å². The number of carbonyl (C=O) groups excluding carboxylic acids is 2. The number of amides is 2. The summed E-state index contributed by atoms with van der Waals surface area (Å²) in [6.07, 6.45) is -0.435. The molecule has 0 bridgehead atoms. The second-order valence-corrected chi connectivity index (χ2v) is 12.4. The van der Waals surface area contributed by atoms with Gasteiger partial charge in [-0.05, 0) is 68.5 Å². The number of alkyl halides is 3. The largest absolute Gasteiger partial charge is 0.444 e. The highest BCUT2D eigenvalue weighted by molar-refractivity contribution is 9.10. The number of ether oxygens (including phenoxy) is 1. The summed E-state index contributed by atoms with van der Waals surface area (Å²) in [5.74, 6) is -0.260. The number of hydrogen-bond donors (Lipinski definition) is 3. The van der Waals surface area contributed by atoms with Gasteiger partial charge in [0.1, 0.15) is 11.2 Å². The molecule has 3 heterocycles. The second kappa shape index (κ2) is 13.1. The van der Waals surface area contributed by atoms with Crippen LogP contribution < -0.4 is 5.32 Å². The number of halogens is 4. The molecule has 43 heavy (non-hydrogen) atoms. The summed E-state index contributed by atoms with van der Waals surface area (Å²) in [5, 5.41) is 12.6. The Hall–Kier alpha value is -3.39. The van der Waals surface area contributed by atoms with E-state index in [0.717, 1.165) is 6.20 Å². The van der Waals surface area contributed by atoms with Gasteiger partial charge in [0, 0.05) is 62.7 Å². The zero-order valence-electron chi connectivity index (χ0n) is 24.5. The van der Waals surface area contributed by atoms with Gasteiger partial charge in [0.05, 0.1) is 21.2 Å². The Bertz CT molecular complexity index is 1470. The van der Waals surface area contributed by atoms with Crippen LogP contribution in [0.3, 0.4) is 0 Å². The minimum Gasteiger partial charge on any atom is -0.444 e. The van der Waals surface area contributed by atoms with Gasteiger partial charge >= 0.3 is 12.3 Å². The number of fused-ring (bicyclic) bond motifs is 1. The molecule has 4 rings (SSSR count). The summed E-state index contributed by atoms with van der Waals surface area (Å²) in [4.78, 5) is 40.0. The van der Waals surface area contributed by atoms with E-state index in [9.17, 15) is 22.8 Å². The fraction of sp³-hybridized carbons (Fsp3) is 0.517. The Morgan fingerprint density at radius 2 is 2.00 bits per heavy atom. The van der Waals surface area contributed by atoms with E-state index in [1.807, 2.05) is 0 Å². The van der Waals surface area contributed by atoms with Gasteiger partial charge in [0.2, 0.25) is 5.95 Å². The van der Waals surface area contributed by atoms with Crippen LogP contribution >= 0.6 is 15.9 Å². The van der Waals surface area contributed by atoms with Crippen LogP contribution in [0.4, 0.5) is 23.9 Å². The highest BCUT2D eigenvalue weighted by atomic mass is 79.9. The zero-order valence-corrected chi connectivity index (χ0v) is 26.1. The van der Waals surface area contributed by atoms with E-state index >= 15 is 0 Å². The zero-order chi connectivity index (χ0) is 31.5. The maximum Gasteiger partial charge on any atom is 0.419 e. The molecular weight excluding hydrogens is 633 g/mol. The van der Waals surface area contributed by atoms with Crippen LogP contribution in [0.15, 0.2) is 29.0 Å². The predicted molar refractivity (Wildman–Crippen MR) is 160 cm³/mol. The van der Waals surface area contributed by atoms with E-state index in [1.54, 1.807) is 44.9 Å². The summed E-state index contributed by atoms with van der Waals surface area (Å²) >= 11 is 3.46. The minimum absolute atomic E-state index is 0.00348. The smallest absolute Gasteiger partial charge is 0.419 e. The molecule has 2 aromatic heterocycles. The number of aliphatic hydroxyl groups is 1. The number of piperidine rings is 1. The fourth-order valence-corrected chi connectivity index (χ4v) is 5.56. The number of unbranched alkanes of at least 4 members (excludes halogenated alkanes) is 1. The Labute approximate surface area is 256 Å². The number of nitrogens with zero attached hydrogens (tertiary/aromatic N) is 4. The molecule has 1 fully saturated rings. The lowest BCUT2D eigenvalue weighted by Gasteiger charge is -2.34. The van der Waals surface area contributed by atoms with Gasteiger partial charge in [-0.25, -0.2) is 14.8 Å². The molecule has 1 atom stereocenters. The minimum atomic E-state index is -4.72. The molecule has 1 aliphatic rings. The van der Waals surface area contributed by atoms with Crippen molar-refractivity contribution in [2.45, 2.75) is 64.3 Å². The molecular formula is C29H36BrF3N6O4. The SMILES string of the molecule is CN(CCCCO)C(=O)c1ccc2c(-c3nc(N[C@H]4CCCN(C(=O)OC(C)(C)C)C4)ncc3C(F)(F)F)c[nH]c2c1Br. The van der Waals surface area contributed by atoms with Gasteiger partial charge in [-0.15, -0.1) is 0 Å². The molecule has 1 aromatic carbocycles. The first-order valence-corrected chi connectivity index (χ1v) is 14.8. The number of anilines is 1. The highest BCUT2D eigenvalue weighted by Crippen LogP contribution is 2.40. The van der Waals surface area contributed by atoms with Crippen molar-refractivity contribution in [1.29, 1.82) is 0 Å². The second-order valence-electron chi connectivity index (χ2n) is 11.6. The van der Waals surface area contributed by atoms with E-state index in [-0.39, 0.29) is 35.8 Å². The molecule has 0 spiro atoms. The van der Waals surface area contributed by atoms with Crippen LogP contribution in [0.25, 0.3) is 22.2 Å². The number of likely N-dealkylation sites (tertiary alicyclic amines) is 1. The van der Waals surface area contributed by atoms with Crippen molar-refractivity contribution < 1.29 is 32.6 Å². The number of hydrogen-bond acceptors (Lipinski definition) is 7. The number of aromatic amines is 1. The number of carbonyl (C=O) groups is 2. The van der Waals surface area contributed by atoms with Gasteiger partial charge in [-0.3, -0.25) is 4.79 Å². The van der Waals surface area contributed by atoms with Crippen molar-refractivity contribution in [3.8, 4) is 11.3 Å². The van der Waals surface area contributed by atoms with Gasteiger partial charge in [-0.2, -0.15) is 13.2 Å². The Balaban J connectivity index is 1.63. The van der Waals surface area contributed by atoms with Gasteiger partial charge in [0.25, 0.3) is 5.91 Å². The topological polar surface area (TPSA) is 124 Å². The number of nitrogens with one attached hydrogen (secondary N) is 2. The number of benzene rings is 1. The van der Waals surface area contributed by atoms with Crippen molar-refractivity contribution in [3.63, 3.8) is 0 Å². The maximum atomic E-state index is 14.1. The quantitative estimate of drug-likeness (QED) is 0.249. The predicted octanol–water partition coefficient (Wildman–Crippen LogP) is 6.06. The lowest BCUT2D eigenvalue weighted by molar-refractivity contribution is -0.137. The summed E-state index contributed by atoms with van der Waals surface area (Å²) in [7, 11) is 1.65. The molecule has 3 aromatic rings. The average molecular weight is 670 g/mol. The Morgan fingerprint density at radius 3 is 2.67 bits per heavy atom. The maximum absolute atomic E-state index is 14.1. The molecule has 0 aliphatic carbocycles. The molecule has 0 unspecified atom stereocenters. The van der Waals surface area contributed by atoms with Crippen LogP contribution in [0.2, 0.25) is 0 Å². The first-order chi connectivity index (χ1) is 20.2. The third-order valence-corrected chi connectivity index (χ3v) is 7.85. The fourth-order valence-electron chi connectivity index (χ4n) is 4.93. The molecule has 0 radical (unpaired) electrons. The summed E-state index contributed by atoms with van der Waals surface area (Å²) in [6, 6.07) is 2.87. The van der Waals surface area contributed by atoms with E-state index < -0.39 is 23.4 Å². The van der Waals surface area contributed by atoms with Gasteiger partial charge in [-0.1, -0.05) is 6.07 Å². The van der Waals surface area contributed by atoms with E-state index in [0.29, 0.717) is 66.3 Å². The first kappa shape index (κ1) is 32.5. The number of aliphatic hydroxyl groups excluding tert-OH is 1. The van der Waals surface area contributed by atoms with Gasteiger partial charge < -0.3 is 29.9 Å². The van der Waals surface area contributed by atoms with Gasteiger partial charge in [0.15, 0.2) is 0 Å². The van der Waals surface area contributed by atoms with Crippen LogP contribution in [0.5, 0.6) is 0 Å². The van der Waals surface area contributed by atoms with Crippen molar-refractivity contribution in [2.75, 3.05) is 38.6 Å². The first-order valence-electron chi connectivity index (χ1n) is 14.0. The number of aromatic nitrogens is 3. The third-order valence-electron chi connectivity index (χ3n) is 7.03. The molecule has 14 heteroatoms. The summed E-state index contributed by atoms with van der Waals surface area (Å²) in [5.41, 5.74) is -0.975. The Kier molecular flexibility index (Phi) is 9.90. The van der Waals surface area contributed by atoms with Crippen molar-refractivity contribution in [1.82, 2.24) is 24.8 Å². The lowest BCUT2D eigenvalue weighted by Crippen LogP contribution is -2.47. The highest BCUT2D eigenvalue weighted by Gasteiger charge is 2.37. The van der Waals surface area contributed by atoms with E-state index in [4.69, 9.17) is 9.84 Å². The summed E-state index contributed by atoms with van der Waals surface area (Å²) in [6.45, 7) is 6.63. The van der Waals surface area contributed by atoms with Crippen molar-refractivity contribution in [2.24, 2.45) is 0 Å². The van der Waals surface area contributed by atoms with E-state index in [1.165, 1.54) is 11.1 Å². The normalized spacial score (nSPS) is 15.9. The lowest BCUT2D eigenvalue weighted by atomic mass is 10.0. The summed E-state index contributed by atoms with van der Waals surface area (Å²) < 4.78 is 48.3. The number of rotatable bonds is 8. The Morgan fingerprint density at radius 1 is 1.26 bits per heavy atom. The molecule has 1 aliphatic heterocycles. The molecule has 234 valence electrons.